The van der Waals surface area contributed by atoms with Crippen molar-refractivity contribution in [1.29, 1.82) is 0 Å². The molecule has 0 atom stereocenters. The zero-order valence-electron chi connectivity index (χ0n) is 7.54. The average Bonchev–Trinajstić information content (AvgIpc) is 2.18. The fraction of sp³-hybridized carbons (Fsp3) is 0.222. The SMILES string of the molecule is CCc1[c-]nc2c(=O)[nH]ccc2n1.[Re]. The summed E-state index contributed by atoms with van der Waals surface area (Å²) in [6, 6.07) is 1.73. The van der Waals surface area contributed by atoms with Crippen molar-refractivity contribution in [2.75, 3.05) is 0 Å². The van der Waals surface area contributed by atoms with Gasteiger partial charge in [0.25, 0.3) is 0 Å². The number of H-pyrrole nitrogens is 1. The van der Waals surface area contributed by atoms with Crippen molar-refractivity contribution in [2.45, 2.75) is 13.3 Å². The summed E-state index contributed by atoms with van der Waals surface area (Å²) in [4.78, 5) is 21.9. The standard InChI is InChI=1S/C9H8N3O.Re/c1-2-6-5-11-8-7(12-6)3-4-10-9(8)13;/h3-4H,2H2,1H3,(H,10,13);/q-1;. The van der Waals surface area contributed by atoms with Crippen LogP contribution in [0, 0.1) is 6.20 Å². The first kappa shape index (κ1) is 11.0. The molecule has 0 bridgehead atoms. The summed E-state index contributed by atoms with van der Waals surface area (Å²) in [5, 5.41) is 0. The number of aryl methyl sites for hydroxylation is 1. The van der Waals surface area contributed by atoms with E-state index >= 15 is 0 Å². The van der Waals surface area contributed by atoms with Crippen LogP contribution in [0.25, 0.3) is 11.0 Å². The van der Waals surface area contributed by atoms with E-state index in [1.54, 1.807) is 12.3 Å². The second kappa shape index (κ2) is 4.45. The van der Waals surface area contributed by atoms with Crippen molar-refractivity contribution in [3.05, 3.63) is 34.5 Å². The van der Waals surface area contributed by atoms with Crippen molar-refractivity contribution in [3.8, 4) is 0 Å². The zero-order chi connectivity index (χ0) is 9.26. The molecule has 1 N–H and O–H groups in total. The fourth-order valence-electron chi connectivity index (χ4n) is 1.11. The van der Waals surface area contributed by atoms with Crippen LogP contribution < -0.4 is 5.56 Å². The van der Waals surface area contributed by atoms with Gasteiger partial charge in [-0.1, -0.05) is 6.92 Å². The number of hydrogen-bond acceptors (Lipinski definition) is 3. The van der Waals surface area contributed by atoms with Crippen LogP contribution in [0.3, 0.4) is 0 Å². The number of hydrogen-bond donors (Lipinski definition) is 1. The molecule has 2 heterocycles. The minimum atomic E-state index is -0.219. The molecule has 0 aliphatic rings. The first-order chi connectivity index (χ1) is 6.31. The van der Waals surface area contributed by atoms with Crippen LogP contribution in [-0.4, -0.2) is 15.0 Å². The normalized spacial score (nSPS) is 9.79. The minimum absolute atomic E-state index is 0. The fourth-order valence-corrected chi connectivity index (χ4v) is 1.11. The molecule has 0 saturated heterocycles. The Kier molecular flexibility index (Phi) is 3.50. The molecule has 0 saturated carbocycles. The van der Waals surface area contributed by atoms with Gasteiger partial charge in [-0.2, -0.15) is 0 Å². The number of nitrogens with zero attached hydrogens (tertiary/aromatic N) is 2. The number of nitrogens with one attached hydrogen (secondary N) is 1. The number of rotatable bonds is 1. The first-order valence-electron chi connectivity index (χ1n) is 4.07. The average molecular weight is 360 g/mol. The molecule has 0 unspecified atom stereocenters. The molecule has 0 aromatic carbocycles. The molecule has 2 aromatic rings. The molecule has 0 aliphatic heterocycles. The maximum absolute atomic E-state index is 11.2. The van der Waals surface area contributed by atoms with Crippen LogP contribution in [0.2, 0.25) is 0 Å². The maximum atomic E-state index is 11.2. The van der Waals surface area contributed by atoms with E-state index in [9.17, 15) is 4.79 Å². The van der Waals surface area contributed by atoms with Gasteiger partial charge in [0.1, 0.15) is 0 Å². The van der Waals surface area contributed by atoms with Crippen LogP contribution in [-0.2, 0) is 26.8 Å². The van der Waals surface area contributed by atoms with E-state index in [1.807, 2.05) is 6.92 Å². The first-order valence-corrected chi connectivity index (χ1v) is 4.07. The summed E-state index contributed by atoms with van der Waals surface area (Å²) in [5.74, 6) is 0. The predicted molar refractivity (Wildman–Crippen MR) is 48.4 cm³/mol. The zero-order valence-corrected chi connectivity index (χ0v) is 10.3. The van der Waals surface area contributed by atoms with Crippen LogP contribution >= 0.6 is 0 Å². The molecule has 2 aromatic heterocycles. The summed E-state index contributed by atoms with van der Waals surface area (Å²) in [5.41, 5.74) is 1.53. The molecule has 2 rings (SSSR count). The summed E-state index contributed by atoms with van der Waals surface area (Å²) < 4.78 is 0. The molecule has 14 heavy (non-hydrogen) atoms. The number of pyridine rings is 1. The van der Waals surface area contributed by atoms with Crippen molar-refractivity contribution in [2.24, 2.45) is 0 Å². The van der Waals surface area contributed by atoms with Gasteiger partial charge in [0, 0.05) is 32.1 Å². The molecular weight excluding hydrogens is 352 g/mol. The Morgan fingerprint density at radius 2 is 2.36 bits per heavy atom. The Balaban J connectivity index is 0.000000980. The van der Waals surface area contributed by atoms with Crippen LogP contribution in [0.1, 0.15) is 12.6 Å². The summed E-state index contributed by atoms with van der Waals surface area (Å²) in [7, 11) is 0. The van der Waals surface area contributed by atoms with Gasteiger partial charge < -0.3 is 9.97 Å². The van der Waals surface area contributed by atoms with Crippen LogP contribution in [0.15, 0.2) is 17.1 Å². The van der Waals surface area contributed by atoms with Crippen LogP contribution in [0.4, 0.5) is 0 Å². The molecule has 73 valence electrons. The Labute approximate surface area is 94.4 Å². The Morgan fingerprint density at radius 3 is 3.07 bits per heavy atom. The monoisotopic (exact) mass is 361 g/mol. The van der Waals surface area contributed by atoms with Crippen molar-refractivity contribution >= 4 is 11.0 Å². The second-order valence-electron chi connectivity index (χ2n) is 2.68. The van der Waals surface area contributed by atoms with Crippen molar-refractivity contribution in [1.82, 2.24) is 15.0 Å². The van der Waals surface area contributed by atoms with E-state index < -0.39 is 0 Å². The van der Waals surface area contributed by atoms with E-state index in [-0.39, 0.29) is 26.0 Å². The van der Waals surface area contributed by atoms with Crippen molar-refractivity contribution < 1.29 is 20.4 Å². The molecule has 0 fully saturated rings. The van der Waals surface area contributed by atoms with Gasteiger partial charge in [-0.15, -0.1) is 6.20 Å². The smallest absolute Gasteiger partial charge is 0.192 e. The maximum Gasteiger partial charge on any atom is 0.192 e. The molecule has 0 amide bonds. The van der Waals surface area contributed by atoms with Gasteiger partial charge in [0.2, 0.25) is 0 Å². The van der Waals surface area contributed by atoms with Gasteiger partial charge >= 0.3 is 0 Å². The van der Waals surface area contributed by atoms with Gasteiger partial charge in [0.05, 0.1) is 0 Å². The Morgan fingerprint density at radius 1 is 1.57 bits per heavy atom. The van der Waals surface area contributed by atoms with E-state index in [0.717, 1.165) is 12.1 Å². The van der Waals surface area contributed by atoms with E-state index in [4.69, 9.17) is 0 Å². The summed E-state index contributed by atoms with van der Waals surface area (Å²) in [6.45, 7) is 1.97. The largest absolute Gasteiger partial charge is 0.444 e. The number of aromatic amines is 1. The Bertz CT molecular complexity index is 495. The van der Waals surface area contributed by atoms with Gasteiger partial charge in [0.15, 0.2) is 5.56 Å². The third-order valence-electron chi connectivity index (χ3n) is 1.80. The summed E-state index contributed by atoms with van der Waals surface area (Å²) >= 11 is 0. The van der Waals surface area contributed by atoms with E-state index in [2.05, 4.69) is 21.1 Å². The molecule has 5 heteroatoms. The molecule has 0 spiro atoms. The predicted octanol–water partition coefficient (Wildman–Crippen LogP) is 0.678. The van der Waals surface area contributed by atoms with Crippen molar-refractivity contribution in [3.63, 3.8) is 0 Å². The Hall–Kier alpha value is -1.05. The molecule has 0 aliphatic carbocycles. The number of fused-ring (bicyclic) bond motifs is 1. The molecule has 1 radical (unpaired) electrons. The topological polar surface area (TPSA) is 58.6 Å². The van der Waals surface area contributed by atoms with Gasteiger partial charge in [-0.05, 0) is 23.7 Å². The third kappa shape index (κ3) is 1.89. The van der Waals surface area contributed by atoms with E-state index in [1.165, 1.54) is 0 Å². The van der Waals surface area contributed by atoms with Gasteiger partial charge in [-0.3, -0.25) is 9.78 Å². The van der Waals surface area contributed by atoms with E-state index in [0.29, 0.717) is 11.0 Å². The summed E-state index contributed by atoms with van der Waals surface area (Å²) in [6.07, 6.45) is 5.06. The quantitative estimate of drug-likeness (QED) is 0.761. The molecule has 4 nitrogen and oxygen atoms in total. The number of aromatic nitrogens is 3. The van der Waals surface area contributed by atoms with Gasteiger partial charge in [-0.25, -0.2) is 0 Å². The van der Waals surface area contributed by atoms with Crippen LogP contribution in [0.5, 0.6) is 0 Å². The second-order valence-corrected chi connectivity index (χ2v) is 2.68. The third-order valence-corrected chi connectivity index (χ3v) is 1.80. The molecular formula is C9H8N3ORe-. The minimum Gasteiger partial charge on any atom is -0.444 e.